The van der Waals surface area contributed by atoms with E-state index < -0.39 is 5.82 Å². The van der Waals surface area contributed by atoms with Crippen LogP contribution in [0.2, 0.25) is 0 Å². The Morgan fingerprint density at radius 1 is 1.27 bits per heavy atom. The minimum Gasteiger partial charge on any atom is -0.397 e. The van der Waals surface area contributed by atoms with E-state index >= 15 is 0 Å². The number of pyridine rings is 2. The number of rotatable bonds is 4. The van der Waals surface area contributed by atoms with Crippen molar-refractivity contribution >= 4 is 33.9 Å². The first-order valence-electron chi connectivity index (χ1n) is 9.59. The molecule has 0 aliphatic heterocycles. The first kappa shape index (κ1) is 19.6. The number of nitriles is 1. The van der Waals surface area contributed by atoms with E-state index in [4.69, 9.17) is 16.7 Å². The van der Waals surface area contributed by atoms with Gasteiger partial charge in [0.1, 0.15) is 5.82 Å². The van der Waals surface area contributed by atoms with Gasteiger partial charge in [-0.3, -0.25) is 9.78 Å². The molecule has 0 spiro atoms. The van der Waals surface area contributed by atoms with Gasteiger partial charge in [-0.15, -0.1) is 0 Å². The van der Waals surface area contributed by atoms with Crippen LogP contribution in [-0.2, 0) is 4.79 Å². The van der Waals surface area contributed by atoms with Gasteiger partial charge in [0.15, 0.2) is 5.82 Å². The third kappa shape index (κ3) is 3.18. The van der Waals surface area contributed by atoms with Gasteiger partial charge in [0.25, 0.3) is 0 Å². The predicted molar refractivity (Wildman–Crippen MR) is 113 cm³/mol. The van der Waals surface area contributed by atoms with E-state index in [2.05, 4.69) is 21.4 Å². The molecule has 1 saturated carbocycles. The van der Waals surface area contributed by atoms with E-state index in [9.17, 15) is 9.18 Å². The Balaban J connectivity index is 1.71. The number of carbonyl (C=O) groups excluding carboxylic acids is 1. The number of benzene rings is 1. The maximum absolute atomic E-state index is 15.0. The molecule has 0 radical (unpaired) electrons. The first-order valence-corrected chi connectivity index (χ1v) is 9.59. The molecule has 1 aliphatic rings. The molecule has 1 aromatic carbocycles. The predicted octanol–water partition coefficient (Wildman–Crippen LogP) is 3.64. The molecule has 0 saturated heterocycles. The van der Waals surface area contributed by atoms with Gasteiger partial charge in [-0.1, -0.05) is 6.92 Å². The third-order valence-corrected chi connectivity index (χ3v) is 5.99. The van der Waals surface area contributed by atoms with Crippen molar-refractivity contribution in [1.82, 2.24) is 9.97 Å². The molecular weight excluding hydrogens is 383 g/mol. The number of hydrogen-bond donors (Lipinski definition) is 3. The van der Waals surface area contributed by atoms with Crippen molar-refractivity contribution in [1.29, 1.82) is 5.26 Å². The lowest BCUT2D eigenvalue weighted by molar-refractivity contribution is -0.117. The molecule has 8 heteroatoms. The smallest absolute Gasteiger partial charge is 0.229 e. The van der Waals surface area contributed by atoms with Crippen LogP contribution >= 0.6 is 0 Å². The number of hydrogen-bond acceptors (Lipinski definition) is 6. The highest BCUT2D eigenvalue weighted by Gasteiger charge is 2.51. The Morgan fingerprint density at radius 3 is 2.77 bits per heavy atom. The summed E-state index contributed by atoms with van der Waals surface area (Å²) in [5.41, 5.74) is 13.9. The number of nitrogen functional groups attached to an aromatic ring is 2. The Kier molecular flexibility index (Phi) is 4.74. The van der Waals surface area contributed by atoms with Crippen LogP contribution in [0.3, 0.4) is 0 Å². The molecule has 0 bridgehead atoms. The van der Waals surface area contributed by atoms with Gasteiger partial charge in [0.05, 0.1) is 23.6 Å². The number of halogens is 1. The minimum absolute atomic E-state index is 0.0281. The molecule has 30 heavy (non-hydrogen) atoms. The monoisotopic (exact) mass is 404 g/mol. The van der Waals surface area contributed by atoms with Gasteiger partial charge >= 0.3 is 0 Å². The van der Waals surface area contributed by atoms with Crippen molar-refractivity contribution in [3.63, 3.8) is 0 Å². The Hall–Kier alpha value is -3.73. The number of nitrogens with two attached hydrogens (primary N) is 2. The summed E-state index contributed by atoms with van der Waals surface area (Å²) in [6.07, 6.45) is 4.86. The highest BCUT2D eigenvalue weighted by atomic mass is 19.1. The van der Waals surface area contributed by atoms with Crippen LogP contribution in [0.25, 0.3) is 21.9 Å². The minimum atomic E-state index is -0.567. The second-order valence-electron chi connectivity index (χ2n) is 7.74. The second-order valence-corrected chi connectivity index (χ2v) is 7.74. The van der Waals surface area contributed by atoms with E-state index in [0.29, 0.717) is 39.8 Å². The van der Waals surface area contributed by atoms with Crippen LogP contribution in [0.1, 0.15) is 18.9 Å². The zero-order valence-corrected chi connectivity index (χ0v) is 16.6. The van der Waals surface area contributed by atoms with Crippen LogP contribution in [0.4, 0.5) is 21.6 Å². The lowest BCUT2D eigenvalue weighted by Crippen LogP contribution is -2.16. The summed E-state index contributed by atoms with van der Waals surface area (Å²) in [5.74, 6) is -0.339. The van der Waals surface area contributed by atoms with Crippen LogP contribution in [-0.4, -0.2) is 15.9 Å². The molecule has 152 valence electrons. The SMILES string of the molecule is Cc1c(N)cncc1-c1cc2cc(NC(=O)C3C(C)C3CC#N)ncc2c(N)c1F. The van der Waals surface area contributed by atoms with Crippen LogP contribution in [0.5, 0.6) is 0 Å². The van der Waals surface area contributed by atoms with E-state index in [1.54, 1.807) is 25.3 Å². The number of carbonyl (C=O) groups is 1. The molecule has 2 aromatic heterocycles. The van der Waals surface area contributed by atoms with Gasteiger partial charge in [0, 0.05) is 41.2 Å². The number of nitrogens with zero attached hydrogens (tertiary/aromatic N) is 3. The summed E-state index contributed by atoms with van der Waals surface area (Å²) in [7, 11) is 0. The fourth-order valence-electron chi connectivity index (χ4n) is 3.98. The summed E-state index contributed by atoms with van der Waals surface area (Å²) in [5, 5.41) is 12.7. The topological polar surface area (TPSA) is 131 Å². The standard InChI is InChI=1S/C22H21FN6O/c1-10-15(7-27-9-17(10)25)14-5-12-6-18(28-8-16(12)21(26)20(14)23)29-22(30)19-11(2)13(19)3-4-24/h5-9,11,13,19H,3,25-26H2,1-2H3,(H,28,29,30). The highest BCUT2D eigenvalue weighted by molar-refractivity contribution is 6.00. The molecule has 2 heterocycles. The average molecular weight is 404 g/mol. The fraction of sp³-hybridized carbons (Fsp3) is 0.273. The van der Waals surface area contributed by atoms with Gasteiger partial charge < -0.3 is 16.8 Å². The van der Waals surface area contributed by atoms with Crippen LogP contribution in [0, 0.1) is 41.8 Å². The summed E-state index contributed by atoms with van der Waals surface area (Å²) >= 11 is 0. The molecule has 3 unspecified atom stereocenters. The highest BCUT2D eigenvalue weighted by Crippen LogP contribution is 2.48. The molecular formula is C22H21FN6O. The van der Waals surface area contributed by atoms with Crippen LogP contribution < -0.4 is 16.8 Å². The molecule has 5 N–H and O–H groups in total. The quantitative estimate of drug-likeness (QED) is 0.569. The summed E-state index contributed by atoms with van der Waals surface area (Å²) in [6.45, 7) is 3.75. The Labute approximate surface area is 172 Å². The van der Waals surface area contributed by atoms with Crippen molar-refractivity contribution in [2.75, 3.05) is 16.8 Å². The molecule has 4 rings (SSSR count). The van der Waals surface area contributed by atoms with Crippen molar-refractivity contribution in [2.45, 2.75) is 20.3 Å². The van der Waals surface area contributed by atoms with E-state index in [1.807, 2.05) is 6.92 Å². The Morgan fingerprint density at radius 2 is 2.03 bits per heavy atom. The second kappa shape index (κ2) is 7.26. The summed E-state index contributed by atoms with van der Waals surface area (Å²) < 4.78 is 15.0. The van der Waals surface area contributed by atoms with Gasteiger partial charge in [-0.05, 0) is 41.8 Å². The van der Waals surface area contributed by atoms with Gasteiger partial charge in [0.2, 0.25) is 5.91 Å². The Bertz CT molecular complexity index is 1220. The third-order valence-electron chi connectivity index (χ3n) is 5.99. The zero-order chi connectivity index (χ0) is 21.6. The van der Waals surface area contributed by atoms with Crippen molar-refractivity contribution in [3.05, 3.63) is 42.1 Å². The number of aromatic nitrogens is 2. The van der Waals surface area contributed by atoms with E-state index in [1.165, 1.54) is 12.4 Å². The van der Waals surface area contributed by atoms with Crippen molar-refractivity contribution < 1.29 is 9.18 Å². The lowest BCUT2D eigenvalue weighted by atomic mass is 9.97. The average Bonchev–Trinajstić information content (AvgIpc) is 3.36. The van der Waals surface area contributed by atoms with Crippen molar-refractivity contribution in [2.24, 2.45) is 17.8 Å². The summed E-state index contributed by atoms with van der Waals surface area (Å²) in [6, 6.07) is 5.43. The molecule has 1 aliphatic carbocycles. The molecule has 3 atom stereocenters. The largest absolute Gasteiger partial charge is 0.397 e. The van der Waals surface area contributed by atoms with E-state index in [-0.39, 0.29) is 34.9 Å². The molecule has 7 nitrogen and oxygen atoms in total. The zero-order valence-electron chi connectivity index (χ0n) is 16.6. The fourth-order valence-corrected chi connectivity index (χ4v) is 3.98. The first-order chi connectivity index (χ1) is 14.3. The molecule has 3 aromatic rings. The maximum Gasteiger partial charge on any atom is 0.229 e. The van der Waals surface area contributed by atoms with Crippen LogP contribution in [0.15, 0.2) is 30.7 Å². The van der Waals surface area contributed by atoms with Crippen molar-refractivity contribution in [3.8, 4) is 17.2 Å². The normalized spacial score (nSPS) is 20.0. The lowest BCUT2D eigenvalue weighted by Gasteiger charge is -2.13. The number of fused-ring (bicyclic) bond motifs is 1. The number of amides is 1. The van der Waals surface area contributed by atoms with Gasteiger partial charge in [-0.25, -0.2) is 9.37 Å². The summed E-state index contributed by atoms with van der Waals surface area (Å²) in [4.78, 5) is 20.8. The van der Waals surface area contributed by atoms with Gasteiger partial charge in [-0.2, -0.15) is 5.26 Å². The molecule has 1 fully saturated rings. The number of nitrogens with one attached hydrogen (secondary N) is 1. The van der Waals surface area contributed by atoms with E-state index in [0.717, 1.165) is 0 Å². The number of anilines is 3. The molecule has 1 amide bonds. The maximum atomic E-state index is 15.0.